The first-order chi connectivity index (χ1) is 9.49. The van der Waals surface area contributed by atoms with Crippen LogP contribution in [0.25, 0.3) is 0 Å². The van der Waals surface area contributed by atoms with E-state index in [4.69, 9.17) is 9.47 Å². The van der Waals surface area contributed by atoms with Crippen LogP contribution in [0.3, 0.4) is 0 Å². The van der Waals surface area contributed by atoms with E-state index in [9.17, 15) is 4.79 Å². The van der Waals surface area contributed by atoms with E-state index >= 15 is 0 Å². The van der Waals surface area contributed by atoms with Crippen molar-refractivity contribution in [1.29, 1.82) is 0 Å². The lowest BCUT2D eigenvalue weighted by molar-refractivity contribution is -0.138. The molecular weight excluding hydrogens is 258 g/mol. The Kier molecular flexibility index (Phi) is 11.7. The maximum atomic E-state index is 9.60. The number of carbonyl (C=O) groups is 1. The van der Waals surface area contributed by atoms with Gasteiger partial charge in [0.1, 0.15) is 5.60 Å². The van der Waals surface area contributed by atoms with Gasteiger partial charge in [0.15, 0.2) is 0 Å². The third-order valence-electron chi connectivity index (χ3n) is 2.73. The third-order valence-corrected chi connectivity index (χ3v) is 2.73. The molecule has 0 aromatic heterocycles. The summed E-state index contributed by atoms with van der Waals surface area (Å²) in [6.07, 6.45) is 2.60. The van der Waals surface area contributed by atoms with Crippen LogP contribution in [0, 0.1) is 5.92 Å². The summed E-state index contributed by atoms with van der Waals surface area (Å²) in [5.74, 6) is 0.718. The Morgan fingerprint density at radius 2 is 1.95 bits per heavy atom. The number of ether oxygens (including phenoxy) is 3. The minimum absolute atomic E-state index is 0.318. The molecule has 5 heteroatoms. The second-order valence-electron chi connectivity index (χ2n) is 5.81. The highest BCUT2D eigenvalue weighted by molar-refractivity contribution is 5.37. The normalized spacial score (nSPS) is 18.9. The number of piperidine rings is 1. The van der Waals surface area contributed by atoms with Gasteiger partial charge >= 0.3 is 0 Å². The molecule has 5 nitrogen and oxygen atoms in total. The van der Waals surface area contributed by atoms with E-state index in [0.717, 1.165) is 38.9 Å². The Labute approximate surface area is 123 Å². The van der Waals surface area contributed by atoms with Crippen LogP contribution in [0.5, 0.6) is 0 Å². The summed E-state index contributed by atoms with van der Waals surface area (Å²) in [6.45, 7) is 13.4. The Morgan fingerprint density at radius 1 is 1.25 bits per heavy atom. The van der Waals surface area contributed by atoms with Crippen molar-refractivity contribution in [3.8, 4) is 0 Å². The zero-order valence-corrected chi connectivity index (χ0v) is 13.4. The lowest BCUT2D eigenvalue weighted by atomic mass is 10.0. The van der Waals surface area contributed by atoms with E-state index in [1.165, 1.54) is 19.4 Å². The second-order valence-corrected chi connectivity index (χ2v) is 5.81. The van der Waals surface area contributed by atoms with Crippen molar-refractivity contribution in [2.24, 2.45) is 5.92 Å². The number of nitrogens with one attached hydrogen (secondary N) is 1. The van der Waals surface area contributed by atoms with Crippen LogP contribution >= 0.6 is 0 Å². The summed E-state index contributed by atoms with van der Waals surface area (Å²) in [5, 5.41) is 3.38. The molecule has 1 unspecified atom stereocenters. The predicted molar refractivity (Wildman–Crippen MR) is 79.8 cm³/mol. The van der Waals surface area contributed by atoms with Crippen molar-refractivity contribution in [2.45, 2.75) is 46.1 Å². The molecule has 0 aromatic rings. The molecule has 0 aliphatic carbocycles. The number of hydrogen-bond donors (Lipinski definition) is 1. The highest BCUT2D eigenvalue weighted by Crippen LogP contribution is 2.09. The summed E-state index contributed by atoms with van der Waals surface area (Å²) in [4.78, 5) is 9.60. The number of rotatable bonds is 7. The van der Waals surface area contributed by atoms with Crippen LogP contribution in [-0.2, 0) is 19.0 Å². The Morgan fingerprint density at radius 3 is 2.40 bits per heavy atom. The van der Waals surface area contributed by atoms with Crippen molar-refractivity contribution >= 4 is 6.47 Å². The monoisotopic (exact) mass is 289 g/mol. The first-order valence-corrected chi connectivity index (χ1v) is 7.47. The van der Waals surface area contributed by atoms with Crippen molar-refractivity contribution < 1.29 is 19.0 Å². The van der Waals surface area contributed by atoms with E-state index in [2.05, 4.69) is 10.1 Å². The average molecular weight is 289 g/mol. The first-order valence-electron chi connectivity index (χ1n) is 7.47. The van der Waals surface area contributed by atoms with Gasteiger partial charge in [0.05, 0.1) is 19.8 Å². The van der Waals surface area contributed by atoms with Crippen LogP contribution in [-0.4, -0.2) is 51.6 Å². The molecule has 0 aromatic carbocycles. The standard InChI is InChI=1S/C10H21NO2.C5H10O2/c1-2-12-6-7-13-9-10-4-3-5-11-8-10;1-5(2,3)7-4-6/h10-11H,2-9H2,1H3;4H,1-3H3. The fourth-order valence-corrected chi connectivity index (χ4v) is 1.72. The SMILES string of the molecule is CC(C)(C)OC=O.CCOCCOCC1CCCNC1. The van der Waals surface area contributed by atoms with Gasteiger partial charge in [-0.15, -0.1) is 0 Å². The molecule has 0 spiro atoms. The maximum Gasteiger partial charge on any atom is 0.293 e. The van der Waals surface area contributed by atoms with Crippen molar-refractivity contribution in [2.75, 3.05) is 39.5 Å². The molecule has 1 heterocycles. The van der Waals surface area contributed by atoms with Gasteiger partial charge in [0.2, 0.25) is 0 Å². The van der Waals surface area contributed by atoms with Crippen molar-refractivity contribution in [3.63, 3.8) is 0 Å². The Hall–Kier alpha value is -0.650. The second kappa shape index (κ2) is 12.1. The zero-order valence-electron chi connectivity index (χ0n) is 13.4. The van der Waals surface area contributed by atoms with Crippen LogP contribution in [0.1, 0.15) is 40.5 Å². The predicted octanol–water partition coefficient (Wildman–Crippen LogP) is 2.00. The van der Waals surface area contributed by atoms with Gasteiger partial charge in [-0.25, -0.2) is 0 Å². The molecule has 0 radical (unpaired) electrons. The number of carbonyl (C=O) groups excluding carboxylic acids is 1. The van der Waals surface area contributed by atoms with Gasteiger partial charge in [-0.05, 0) is 53.0 Å². The molecule has 1 rings (SSSR count). The maximum absolute atomic E-state index is 9.60. The molecular formula is C15H31NO4. The molecule has 0 amide bonds. The number of hydrogen-bond acceptors (Lipinski definition) is 5. The van der Waals surface area contributed by atoms with E-state index in [0.29, 0.717) is 6.47 Å². The van der Waals surface area contributed by atoms with E-state index in [-0.39, 0.29) is 5.60 Å². The molecule has 1 fully saturated rings. The highest BCUT2D eigenvalue weighted by atomic mass is 16.5. The summed E-state index contributed by atoms with van der Waals surface area (Å²) in [5.41, 5.74) is -0.318. The molecule has 0 saturated carbocycles. The van der Waals surface area contributed by atoms with Crippen LogP contribution in [0.2, 0.25) is 0 Å². The fraction of sp³-hybridized carbons (Fsp3) is 0.933. The van der Waals surface area contributed by atoms with Crippen LogP contribution in [0.15, 0.2) is 0 Å². The van der Waals surface area contributed by atoms with Gasteiger partial charge in [0, 0.05) is 13.2 Å². The molecule has 120 valence electrons. The van der Waals surface area contributed by atoms with Gasteiger partial charge in [-0.2, -0.15) is 0 Å². The van der Waals surface area contributed by atoms with Crippen molar-refractivity contribution in [3.05, 3.63) is 0 Å². The van der Waals surface area contributed by atoms with Gasteiger partial charge in [-0.1, -0.05) is 0 Å². The molecule has 20 heavy (non-hydrogen) atoms. The molecule has 1 aliphatic rings. The fourth-order valence-electron chi connectivity index (χ4n) is 1.72. The Bertz CT molecular complexity index is 222. The Balaban J connectivity index is 0.000000441. The lowest BCUT2D eigenvalue weighted by Crippen LogP contribution is -2.32. The van der Waals surface area contributed by atoms with Gasteiger partial charge in [-0.3, -0.25) is 4.79 Å². The topological polar surface area (TPSA) is 56.8 Å². The van der Waals surface area contributed by atoms with E-state index in [1.807, 2.05) is 27.7 Å². The van der Waals surface area contributed by atoms with Crippen LogP contribution in [0.4, 0.5) is 0 Å². The molecule has 0 bridgehead atoms. The molecule has 1 saturated heterocycles. The quantitative estimate of drug-likeness (QED) is 0.574. The zero-order chi connectivity index (χ0) is 15.3. The third kappa shape index (κ3) is 13.8. The largest absolute Gasteiger partial charge is 0.462 e. The molecule has 1 atom stereocenters. The average Bonchev–Trinajstić information content (AvgIpc) is 2.39. The van der Waals surface area contributed by atoms with Gasteiger partial charge in [0.25, 0.3) is 6.47 Å². The van der Waals surface area contributed by atoms with E-state index in [1.54, 1.807) is 0 Å². The highest BCUT2D eigenvalue weighted by Gasteiger charge is 2.12. The van der Waals surface area contributed by atoms with E-state index < -0.39 is 0 Å². The smallest absolute Gasteiger partial charge is 0.293 e. The summed E-state index contributed by atoms with van der Waals surface area (Å²) >= 11 is 0. The molecule has 1 aliphatic heterocycles. The minimum atomic E-state index is -0.318. The summed E-state index contributed by atoms with van der Waals surface area (Å²) in [6, 6.07) is 0. The first kappa shape index (κ1) is 19.4. The minimum Gasteiger partial charge on any atom is -0.462 e. The molecule has 1 N–H and O–H groups in total. The van der Waals surface area contributed by atoms with Gasteiger partial charge < -0.3 is 19.5 Å². The van der Waals surface area contributed by atoms with Crippen LogP contribution < -0.4 is 5.32 Å². The lowest BCUT2D eigenvalue weighted by Gasteiger charge is -2.22. The summed E-state index contributed by atoms with van der Waals surface area (Å²) in [7, 11) is 0. The summed E-state index contributed by atoms with van der Waals surface area (Å²) < 4.78 is 15.2. The van der Waals surface area contributed by atoms with Crippen molar-refractivity contribution in [1.82, 2.24) is 5.32 Å².